The number of thioether (sulfide) groups is 1. The van der Waals surface area contributed by atoms with E-state index >= 15 is 0 Å². The lowest BCUT2D eigenvalue weighted by Crippen LogP contribution is -2.14. The summed E-state index contributed by atoms with van der Waals surface area (Å²) in [6, 6.07) is 15.3. The second-order valence-electron chi connectivity index (χ2n) is 4.99. The molecule has 1 unspecified atom stereocenters. The Hall–Kier alpha value is -1.25. The van der Waals surface area contributed by atoms with E-state index in [4.69, 9.17) is 5.73 Å². The maximum atomic E-state index is 6.50. The van der Waals surface area contributed by atoms with Crippen molar-refractivity contribution in [3.8, 4) is 0 Å². The van der Waals surface area contributed by atoms with E-state index in [-0.39, 0.29) is 6.04 Å². The molecule has 2 rings (SSSR count). The monoisotopic (exact) mass is 285 g/mol. The number of hydrogen-bond donors (Lipinski definition) is 1. The van der Waals surface area contributed by atoms with Crippen LogP contribution in [0.3, 0.4) is 0 Å². The zero-order valence-electron chi connectivity index (χ0n) is 12.5. The highest BCUT2D eigenvalue weighted by Crippen LogP contribution is 2.26. The normalized spacial score (nSPS) is 12.4. The second kappa shape index (κ2) is 6.96. The van der Waals surface area contributed by atoms with Crippen molar-refractivity contribution in [3.63, 3.8) is 0 Å². The minimum absolute atomic E-state index is 0.0349. The average Bonchev–Trinajstić information content (AvgIpc) is 2.53. The molecule has 0 aromatic heterocycles. The van der Waals surface area contributed by atoms with Crippen LogP contribution in [0.4, 0.5) is 0 Å². The topological polar surface area (TPSA) is 26.0 Å². The molecule has 2 aromatic carbocycles. The van der Waals surface area contributed by atoms with Crippen LogP contribution in [-0.4, -0.2) is 6.26 Å². The van der Waals surface area contributed by atoms with Gasteiger partial charge in [-0.2, -0.15) is 0 Å². The molecule has 0 radical (unpaired) electrons. The number of rotatable bonds is 5. The van der Waals surface area contributed by atoms with Gasteiger partial charge in [-0.25, -0.2) is 0 Å². The van der Waals surface area contributed by atoms with Gasteiger partial charge in [0, 0.05) is 4.90 Å². The molecule has 1 atom stereocenters. The molecule has 1 nitrogen and oxygen atoms in total. The van der Waals surface area contributed by atoms with Crippen LogP contribution in [0.1, 0.15) is 42.1 Å². The third-order valence-corrected chi connectivity index (χ3v) is 4.55. The zero-order valence-corrected chi connectivity index (χ0v) is 13.3. The van der Waals surface area contributed by atoms with E-state index in [1.54, 1.807) is 11.8 Å². The SMILES string of the molecule is CCc1ccc(CC)c(C(N)c2ccc(SC)cc2)c1. The van der Waals surface area contributed by atoms with E-state index in [1.165, 1.54) is 27.1 Å². The van der Waals surface area contributed by atoms with Gasteiger partial charge in [0.05, 0.1) is 6.04 Å². The lowest BCUT2D eigenvalue weighted by Gasteiger charge is -2.18. The second-order valence-corrected chi connectivity index (χ2v) is 5.87. The molecular formula is C18H23NS. The van der Waals surface area contributed by atoms with E-state index in [1.807, 2.05) is 0 Å². The summed E-state index contributed by atoms with van der Waals surface area (Å²) in [4.78, 5) is 1.28. The molecule has 0 aliphatic heterocycles. The molecule has 2 N–H and O–H groups in total. The zero-order chi connectivity index (χ0) is 14.5. The molecule has 0 amide bonds. The highest BCUT2D eigenvalue weighted by molar-refractivity contribution is 7.98. The molecule has 0 saturated carbocycles. The first-order valence-electron chi connectivity index (χ1n) is 7.20. The molecule has 0 bridgehead atoms. The number of aryl methyl sites for hydroxylation is 2. The minimum Gasteiger partial charge on any atom is -0.320 e. The van der Waals surface area contributed by atoms with Crippen molar-refractivity contribution in [2.45, 2.75) is 37.6 Å². The largest absolute Gasteiger partial charge is 0.320 e. The Bertz CT molecular complexity index is 560. The summed E-state index contributed by atoms with van der Waals surface area (Å²) < 4.78 is 0. The molecule has 0 aliphatic rings. The van der Waals surface area contributed by atoms with Crippen LogP contribution in [-0.2, 0) is 12.8 Å². The standard InChI is InChI=1S/C18H23NS/c1-4-13-6-7-14(5-2)17(12-13)18(19)15-8-10-16(20-3)11-9-15/h6-12,18H,4-5,19H2,1-3H3. The minimum atomic E-state index is -0.0349. The van der Waals surface area contributed by atoms with Crippen molar-refractivity contribution in [1.29, 1.82) is 0 Å². The van der Waals surface area contributed by atoms with Crippen molar-refractivity contribution < 1.29 is 0 Å². The molecule has 0 saturated heterocycles. The highest BCUT2D eigenvalue weighted by atomic mass is 32.2. The van der Waals surface area contributed by atoms with Gasteiger partial charge in [0.15, 0.2) is 0 Å². The summed E-state index contributed by atoms with van der Waals surface area (Å²) in [6.45, 7) is 4.37. The highest BCUT2D eigenvalue weighted by Gasteiger charge is 2.13. The van der Waals surface area contributed by atoms with Gasteiger partial charge in [-0.05, 0) is 53.5 Å². The van der Waals surface area contributed by atoms with E-state index in [0.29, 0.717) is 0 Å². The summed E-state index contributed by atoms with van der Waals surface area (Å²) in [5.41, 5.74) is 11.7. The van der Waals surface area contributed by atoms with Gasteiger partial charge in [-0.1, -0.05) is 44.2 Å². The number of nitrogens with two attached hydrogens (primary N) is 1. The summed E-state index contributed by atoms with van der Waals surface area (Å²) in [5.74, 6) is 0. The van der Waals surface area contributed by atoms with E-state index in [0.717, 1.165) is 12.8 Å². The summed E-state index contributed by atoms with van der Waals surface area (Å²) in [7, 11) is 0. The Labute approximate surface area is 126 Å². The summed E-state index contributed by atoms with van der Waals surface area (Å²) >= 11 is 1.76. The lowest BCUT2D eigenvalue weighted by atomic mass is 9.92. The Morgan fingerprint density at radius 3 is 2.25 bits per heavy atom. The van der Waals surface area contributed by atoms with Crippen molar-refractivity contribution in [3.05, 3.63) is 64.7 Å². The molecule has 0 spiro atoms. The fourth-order valence-corrected chi connectivity index (χ4v) is 2.87. The van der Waals surface area contributed by atoms with Crippen molar-refractivity contribution >= 4 is 11.8 Å². The number of benzene rings is 2. The first-order chi connectivity index (χ1) is 9.69. The Balaban J connectivity index is 2.37. The molecule has 20 heavy (non-hydrogen) atoms. The van der Waals surface area contributed by atoms with Gasteiger partial charge in [0.1, 0.15) is 0 Å². The van der Waals surface area contributed by atoms with Crippen LogP contribution in [0.25, 0.3) is 0 Å². The first-order valence-corrected chi connectivity index (χ1v) is 8.43. The fourth-order valence-electron chi connectivity index (χ4n) is 2.47. The predicted molar refractivity (Wildman–Crippen MR) is 89.5 cm³/mol. The molecule has 0 heterocycles. The molecule has 2 aromatic rings. The van der Waals surface area contributed by atoms with Crippen LogP contribution in [0.5, 0.6) is 0 Å². The summed E-state index contributed by atoms with van der Waals surface area (Å²) in [5, 5.41) is 0. The van der Waals surface area contributed by atoms with Crippen molar-refractivity contribution in [2.24, 2.45) is 5.73 Å². The van der Waals surface area contributed by atoms with E-state index in [9.17, 15) is 0 Å². The van der Waals surface area contributed by atoms with Gasteiger partial charge in [-0.3, -0.25) is 0 Å². The molecular weight excluding hydrogens is 262 g/mol. The fraction of sp³-hybridized carbons (Fsp3) is 0.333. The van der Waals surface area contributed by atoms with Crippen LogP contribution < -0.4 is 5.73 Å². The Morgan fingerprint density at radius 1 is 1.00 bits per heavy atom. The van der Waals surface area contributed by atoms with Gasteiger partial charge in [0.25, 0.3) is 0 Å². The summed E-state index contributed by atoms with van der Waals surface area (Å²) in [6.07, 6.45) is 4.17. The molecule has 106 valence electrons. The first kappa shape index (κ1) is 15.1. The molecule has 0 aliphatic carbocycles. The molecule has 0 fully saturated rings. The van der Waals surface area contributed by atoms with Crippen molar-refractivity contribution in [2.75, 3.05) is 6.26 Å². The van der Waals surface area contributed by atoms with Crippen LogP contribution in [0.15, 0.2) is 47.4 Å². The third kappa shape index (κ3) is 3.25. The van der Waals surface area contributed by atoms with Crippen molar-refractivity contribution in [1.82, 2.24) is 0 Å². The molecule has 2 heteroatoms. The smallest absolute Gasteiger partial charge is 0.0554 e. The van der Waals surface area contributed by atoms with Gasteiger partial charge in [-0.15, -0.1) is 11.8 Å². The lowest BCUT2D eigenvalue weighted by molar-refractivity contribution is 0.843. The maximum absolute atomic E-state index is 6.50. The Morgan fingerprint density at radius 2 is 1.70 bits per heavy atom. The Kier molecular flexibility index (Phi) is 5.27. The number of hydrogen-bond acceptors (Lipinski definition) is 2. The van der Waals surface area contributed by atoms with E-state index < -0.39 is 0 Å². The predicted octanol–water partition coefficient (Wildman–Crippen LogP) is 4.58. The average molecular weight is 285 g/mol. The third-order valence-electron chi connectivity index (χ3n) is 3.81. The van der Waals surface area contributed by atoms with E-state index in [2.05, 4.69) is 62.6 Å². The van der Waals surface area contributed by atoms with Gasteiger partial charge in [0.2, 0.25) is 0 Å². The maximum Gasteiger partial charge on any atom is 0.0554 e. The van der Waals surface area contributed by atoms with Crippen LogP contribution in [0, 0.1) is 0 Å². The quantitative estimate of drug-likeness (QED) is 0.814. The van der Waals surface area contributed by atoms with Crippen LogP contribution in [0.2, 0.25) is 0 Å². The van der Waals surface area contributed by atoms with Crippen LogP contribution >= 0.6 is 11.8 Å². The van der Waals surface area contributed by atoms with Gasteiger partial charge < -0.3 is 5.73 Å². The van der Waals surface area contributed by atoms with Gasteiger partial charge >= 0.3 is 0 Å².